The van der Waals surface area contributed by atoms with Gasteiger partial charge in [-0.15, -0.1) is 0 Å². The van der Waals surface area contributed by atoms with Gasteiger partial charge in [0.05, 0.1) is 24.3 Å². The lowest BCUT2D eigenvalue weighted by Gasteiger charge is -2.33. The first-order valence-electron chi connectivity index (χ1n) is 9.38. The first-order valence-corrected chi connectivity index (χ1v) is 10.8. The number of benzene rings is 1. The van der Waals surface area contributed by atoms with Crippen molar-refractivity contribution in [1.82, 2.24) is 24.3 Å². The van der Waals surface area contributed by atoms with E-state index in [1.54, 1.807) is 35.1 Å². The SMILES string of the molecule is CN(C)S(=O)(=O)c1ccc(CNC(=O)C(c2cnn(C)c2)N2CCOCC2)cc1. The van der Waals surface area contributed by atoms with Crippen LogP contribution in [0.25, 0.3) is 0 Å². The molecule has 10 heteroatoms. The maximum Gasteiger partial charge on any atom is 0.242 e. The molecule has 1 atom stereocenters. The molecule has 1 amide bonds. The highest BCUT2D eigenvalue weighted by molar-refractivity contribution is 7.89. The maximum atomic E-state index is 13.0. The molecule has 2 heterocycles. The summed E-state index contributed by atoms with van der Waals surface area (Å²) in [5, 5.41) is 7.16. The van der Waals surface area contributed by atoms with E-state index in [9.17, 15) is 13.2 Å². The minimum Gasteiger partial charge on any atom is -0.379 e. The number of sulfonamides is 1. The van der Waals surface area contributed by atoms with E-state index in [4.69, 9.17) is 4.74 Å². The van der Waals surface area contributed by atoms with E-state index in [1.165, 1.54) is 18.4 Å². The summed E-state index contributed by atoms with van der Waals surface area (Å²) in [5.41, 5.74) is 1.65. The number of hydrogen-bond donors (Lipinski definition) is 1. The molecule has 2 aromatic rings. The van der Waals surface area contributed by atoms with Crippen LogP contribution in [0.15, 0.2) is 41.6 Å². The van der Waals surface area contributed by atoms with Crippen molar-refractivity contribution in [3.63, 3.8) is 0 Å². The Morgan fingerprint density at radius 3 is 2.45 bits per heavy atom. The Balaban J connectivity index is 1.70. The lowest BCUT2D eigenvalue weighted by atomic mass is 10.1. The topological polar surface area (TPSA) is 96.8 Å². The monoisotopic (exact) mass is 421 g/mol. The van der Waals surface area contributed by atoms with Crippen LogP contribution in [-0.2, 0) is 33.1 Å². The molecular weight excluding hydrogens is 394 g/mol. The molecule has 1 aliphatic heterocycles. The first kappa shape index (κ1) is 21.4. The zero-order valence-corrected chi connectivity index (χ0v) is 17.7. The fourth-order valence-electron chi connectivity index (χ4n) is 3.22. The fraction of sp³-hybridized carbons (Fsp3) is 0.474. The van der Waals surface area contributed by atoms with Gasteiger partial charge in [0.2, 0.25) is 15.9 Å². The molecule has 1 aliphatic rings. The number of rotatable bonds is 7. The van der Waals surface area contributed by atoms with Crippen molar-refractivity contribution in [2.24, 2.45) is 7.05 Å². The second kappa shape index (κ2) is 9.04. The van der Waals surface area contributed by atoms with E-state index in [2.05, 4.69) is 15.3 Å². The van der Waals surface area contributed by atoms with Gasteiger partial charge >= 0.3 is 0 Å². The summed E-state index contributed by atoms with van der Waals surface area (Å²) in [6.45, 7) is 2.83. The third kappa shape index (κ3) is 5.02. The zero-order valence-electron chi connectivity index (χ0n) is 16.9. The van der Waals surface area contributed by atoms with E-state index in [0.717, 1.165) is 11.1 Å². The minimum atomic E-state index is -3.47. The summed E-state index contributed by atoms with van der Waals surface area (Å²) in [7, 11) is 1.34. The van der Waals surface area contributed by atoms with E-state index < -0.39 is 16.1 Å². The number of ether oxygens (including phenoxy) is 1. The quantitative estimate of drug-likeness (QED) is 0.693. The Bertz CT molecular complexity index is 934. The van der Waals surface area contributed by atoms with Gasteiger partial charge in [-0.1, -0.05) is 12.1 Å². The van der Waals surface area contributed by atoms with Crippen LogP contribution >= 0.6 is 0 Å². The summed E-state index contributed by atoms with van der Waals surface area (Å²) >= 11 is 0. The van der Waals surface area contributed by atoms with Crippen molar-refractivity contribution in [2.75, 3.05) is 40.4 Å². The molecule has 0 aliphatic carbocycles. The number of aromatic nitrogens is 2. The number of nitrogens with one attached hydrogen (secondary N) is 1. The number of aryl methyl sites for hydroxylation is 1. The second-order valence-electron chi connectivity index (χ2n) is 7.15. The summed E-state index contributed by atoms with van der Waals surface area (Å²) in [5.74, 6) is -0.120. The van der Waals surface area contributed by atoms with Crippen molar-refractivity contribution in [1.29, 1.82) is 0 Å². The van der Waals surface area contributed by atoms with Crippen molar-refractivity contribution < 1.29 is 17.9 Å². The third-order valence-corrected chi connectivity index (χ3v) is 6.70. The molecule has 0 saturated carbocycles. The molecule has 29 heavy (non-hydrogen) atoms. The van der Waals surface area contributed by atoms with E-state index in [1.807, 2.05) is 13.2 Å². The summed E-state index contributed by atoms with van der Waals surface area (Å²) in [6.07, 6.45) is 3.56. The van der Waals surface area contributed by atoms with Gasteiger partial charge in [0, 0.05) is 52.5 Å². The number of morpholine rings is 1. The molecule has 158 valence electrons. The van der Waals surface area contributed by atoms with Crippen LogP contribution in [0.4, 0.5) is 0 Å². The zero-order chi connectivity index (χ0) is 21.0. The van der Waals surface area contributed by atoms with Crippen LogP contribution in [0.5, 0.6) is 0 Å². The Hall–Kier alpha value is -2.27. The van der Waals surface area contributed by atoms with E-state index >= 15 is 0 Å². The highest BCUT2D eigenvalue weighted by Crippen LogP contribution is 2.22. The maximum absolute atomic E-state index is 13.0. The molecular formula is C19H27N5O4S. The molecule has 3 rings (SSSR count). The number of carbonyl (C=O) groups excluding carboxylic acids is 1. The van der Waals surface area contributed by atoms with Gasteiger partial charge in [0.1, 0.15) is 6.04 Å². The highest BCUT2D eigenvalue weighted by Gasteiger charge is 2.30. The average molecular weight is 422 g/mol. The molecule has 1 aromatic carbocycles. The van der Waals surface area contributed by atoms with Crippen molar-refractivity contribution >= 4 is 15.9 Å². The molecule has 1 saturated heterocycles. The lowest BCUT2D eigenvalue weighted by molar-refractivity contribution is -0.128. The molecule has 0 radical (unpaired) electrons. The van der Waals surface area contributed by atoms with Gasteiger partial charge in [0.15, 0.2) is 0 Å². The predicted molar refractivity (Wildman–Crippen MR) is 108 cm³/mol. The van der Waals surface area contributed by atoms with Gasteiger partial charge in [-0.3, -0.25) is 14.4 Å². The Labute approximate surface area is 171 Å². The van der Waals surface area contributed by atoms with E-state index in [0.29, 0.717) is 32.8 Å². The second-order valence-corrected chi connectivity index (χ2v) is 9.30. The van der Waals surface area contributed by atoms with Gasteiger partial charge < -0.3 is 10.1 Å². The van der Waals surface area contributed by atoms with Gasteiger partial charge in [-0.05, 0) is 17.7 Å². The van der Waals surface area contributed by atoms with Crippen molar-refractivity contribution in [2.45, 2.75) is 17.5 Å². The number of carbonyl (C=O) groups is 1. The smallest absolute Gasteiger partial charge is 0.242 e. The molecule has 0 spiro atoms. The fourth-order valence-corrected chi connectivity index (χ4v) is 4.12. The van der Waals surface area contributed by atoms with Gasteiger partial charge in [-0.25, -0.2) is 12.7 Å². The van der Waals surface area contributed by atoms with Crippen LogP contribution in [0.1, 0.15) is 17.2 Å². The Morgan fingerprint density at radius 1 is 1.24 bits per heavy atom. The van der Waals surface area contributed by atoms with Crippen LogP contribution in [0.2, 0.25) is 0 Å². The Kier molecular flexibility index (Phi) is 6.68. The average Bonchev–Trinajstić information content (AvgIpc) is 3.13. The van der Waals surface area contributed by atoms with Gasteiger partial charge in [-0.2, -0.15) is 5.10 Å². The highest BCUT2D eigenvalue weighted by atomic mass is 32.2. The lowest BCUT2D eigenvalue weighted by Crippen LogP contribution is -2.45. The Morgan fingerprint density at radius 2 is 1.90 bits per heavy atom. The molecule has 9 nitrogen and oxygen atoms in total. The molecule has 1 unspecified atom stereocenters. The molecule has 1 N–H and O–H groups in total. The van der Waals surface area contributed by atoms with E-state index in [-0.39, 0.29) is 10.8 Å². The number of nitrogens with zero attached hydrogens (tertiary/aromatic N) is 4. The predicted octanol–water partition coefficient (Wildman–Crippen LogP) is 0.360. The van der Waals surface area contributed by atoms with Crippen molar-refractivity contribution in [3.8, 4) is 0 Å². The molecule has 1 fully saturated rings. The van der Waals surface area contributed by atoms with Crippen LogP contribution in [0, 0.1) is 0 Å². The summed E-state index contributed by atoms with van der Waals surface area (Å²) < 4.78 is 32.6. The summed E-state index contributed by atoms with van der Waals surface area (Å²) in [6, 6.07) is 6.09. The molecule has 0 bridgehead atoms. The van der Waals surface area contributed by atoms with Crippen molar-refractivity contribution in [3.05, 3.63) is 47.8 Å². The minimum absolute atomic E-state index is 0.120. The van der Waals surface area contributed by atoms with Crippen LogP contribution < -0.4 is 5.32 Å². The van der Waals surface area contributed by atoms with Crippen LogP contribution in [-0.4, -0.2) is 73.7 Å². The first-order chi connectivity index (χ1) is 13.8. The normalized spacial score (nSPS) is 16.7. The third-order valence-electron chi connectivity index (χ3n) is 4.87. The number of hydrogen-bond acceptors (Lipinski definition) is 6. The summed E-state index contributed by atoms with van der Waals surface area (Å²) in [4.78, 5) is 15.3. The number of amides is 1. The standard InChI is InChI=1S/C19H27N5O4S/c1-22(2)29(26,27)17-6-4-15(5-7-17)12-20-19(25)18(16-13-21-23(3)14-16)24-8-10-28-11-9-24/h4-7,13-14,18H,8-12H2,1-3H3,(H,20,25). The largest absolute Gasteiger partial charge is 0.379 e. The van der Waals surface area contributed by atoms with Gasteiger partial charge in [0.25, 0.3) is 0 Å². The van der Waals surface area contributed by atoms with Crippen LogP contribution in [0.3, 0.4) is 0 Å². The molecule has 1 aromatic heterocycles.